The van der Waals surface area contributed by atoms with Crippen molar-refractivity contribution in [1.29, 1.82) is 0 Å². The highest BCUT2D eigenvalue weighted by molar-refractivity contribution is 5.91. The van der Waals surface area contributed by atoms with Gasteiger partial charge in [0.1, 0.15) is 0 Å². The largest absolute Gasteiger partial charge is 0.330 e. The minimum absolute atomic E-state index is 0.0678. The Balaban J connectivity index is 2.06. The molecule has 0 unspecified atom stereocenters. The fourth-order valence-electron chi connectivity index (χ4n) is 1.50. The van der Waals surface area contributed by atoms with Crippen molar-refractivity contribution in [3.63, 3.8) is 0 Å². The van der Waals surface area contributed by atoms with Crippen LogP contribution in [0.3, 0.4) is 0 Å². The number of carbonyl (C=O) groups is 1. The number of hydrogen-bond acceptors (Lipinski definition) is 3. The number of benzene rings is 1. The van der Waals surface area contributed by atoms with Crippen molar-refractivity contribution in [3.05, 3.63) is 36.5 Å². The number of nitrogens with zero attached hydrogens (tertiary/aromatic N) is 1. The smallest absolute Gasteiger partial charge is 0.225 e. The number of hydrogen-bond donors (Lipinski definition) is 3. The van der Waals surface area contributed by atoms with Crippen molar-refractivity contribution >= 4 is 11.6 Å². The molecule has 1 amide bonds. The van der Waals surface area contributed by atoms with Crippen LogP contribution < -0.4 is 11.1 Å². The Morgan fingerprint density at radius 3 is 2.65 bits per heavy atom. The highest BCUT2D eigenvalue weighted by Crippen LogP contribution is 2.18. The first kappa shape index (κ1) is 11.3. The van der Waals surface area contributed by atoms with E-state index in [-0.39, 0.29) is 5.91 Å². The molecule has 1 heterocycles. The van der Waals surface area contributed by atoms with Crippen LogP contribution in [-0.4, -0.2) is 22.6 Å². The summed E-state index contributed by atoms with van der Waals surface area (Å²) < 4.78 is 0. The second-order valence-electron chi connectivity index (χ2n) is 3.63. The van der Waals surface area contributed by atoms with Crippen molar-refractivity contribution in [2.75, 3.05) is 11.9 Å². The highest BCUT2D eigenvalue weighted by atomic mass is 16.1. The van der Waals surface area contributed by atoms with Gasteiger partial charge >= 0.3 is 0 Å². The van der Waals surface area contributed by atoms with E-state index in [1.54, 1.807) is 6.20 Å². The molecule has 0 aliphatic rings. The van der Waals surface area contributed by atoms with Gasteiger partial charge < -0.3 is 11.1 Å². The summed E-state index contributed by atoms with van der Waals surface area (Å²) in [4.78, 5) is 11.3. The zero-order chi connectivity index (χ0) is 12.1. The summed E-state index contributed by atoms with van der Waals surface area (Å²) in [6, 6.07) is 9.44. The number of aromatic nitrogens is 2. The molecule has 0 radical (unpaired) electrons. The zero-order valence-electron chi connectivity index (χ0n) is 9.31. The number of anilines is 1. The lowest BCUT2D eigenvalue weighted by atomic mass is 10.1. The molecular weight excluding hydrogens is 216 g/mol. The van der Waals surface area contributed by atoms with Crippen molar-refractivity contribution in [2.24, 2.45) is 5.73 Å². The Labute approximate surface area is 99.0 Å². The fourth-order valence-corrected chi connectivity index (χ4v) is 1.50. The minimum Gasteiger partial charge on any atom is -0.330 e. The molecule has 17 heavy (non-hydrogen) atoms. The Morgan fingerprint density at radius 2 is 2.06 bits per heavy atom. The van der Waals surface area contributed by atoms with Crippen LogP contribution >= 0.6 is 0 Å². The third kappa shape index (κ3) is 2.92. The van der Waals surface area contributed by atoms with Crippen LogP contribution in [0.15, 0.2) is 36.5 Å². The van der Waals surface area contributed by atoms with Gasteiger partial charge in [0.05, 0.1) is 5.69 Å². The van der Waals surface area contributed by atoms with Crippen LogP contribution in [0.1, 0.15) is 6.42 Å². The van der Waals surface area contributed by atoms with Gasteiger partial charge in [0.2, 0.25) is 5.91 Å². The first-order chi connectivity index (χ1) is 8.29. The normalized spacial score (nSPS) is 10.2. The van der Waals surface area contributed by atoms with Gasteiger partial charge in [0, 0.05) is 24.8 Å². The number of rotatable bonds is 4. The number of carbonyl (C=O) groups excluding carboxylic acids is 1. The lowest BCUT2D eigenvalue weighted by Crippen LogP contribution is -2.15. The monoisotopic (exact) mass is 230 g/mol. The van der Waals surface area contributed by atoms with Gasteiger partial charge in [0.25, 0.3) is 0 Å². The molecule has 1 aromatic carbocycles. The van der Waals surface area contributed by atoms with E-state index >= 15 is 0 Å². The van der Waals surface area contributed by atoms with Gasteiger partial charge in [-0.15, -0.1) is 0 Å². The Kier molecular flexibility index (Phi) is 3.52. The van der Waals surface area contributed by atoms with E-state index in [0.29, 0.717) is 13.0 Å². The van der Waals surface area contributed by atoms with Gasteiger partial charge in [-0.25, -0.2) is 0 Å². The van der Waals surface area contributed by atoms with Gasteiger partial charge in [0.15, 0.2) is 0 Å². The average molecular weight is 230 g/mol. The Hall–Kier alpha value is -2.14. The third-order valence-electron chi connectivity index (χ3n) is 2.35. The molecule has 0 spiro atoms. The molecule has 0 saturated carbocycles. The molecule has 5 nitrogen and oxygen atoms in total. The SMILES string of the molecule is NCCC(=O)Nc1ccc(-c2ccn[nH]2)cc1. The van der Waals surface area contributed by atoms with Crippen LogP contribution in [0, 0.1) is 0 Å². The summed E-state index contributed by atoms with van der Waals surface area (Å²) in [5.74, 6) is -0.0678. The molecule has 2 aromatic rings. The predicted octanol–water partition coefficient (Wildman–Crippen LogP) is 1.36. The third-order valence-corrected chi connectivity index (χ3v) is 2.35. The van der Waals surface area contributed by atoms with E-state index in [0.717, 1.165) is 16.9 Å². The van der Waals surface area contributed by atoms with Crippen LogP contribution in [-0.2, 0) is 4.79 Å². The predicted molar refractivity (Wildman–Crippen MR) is 66.3 cm³/mol. The first-order valence-electron chi connectivity index (χ1n) is 5.39. The number of nitrogens with two attached hydrogens (primary N) is 1. The maximum Gasteiger partial charge on any atom is 0.225 e. The molecule has 1 aromatic heterocycles. The number of aromatic amines is 1. The summed E-state index contributed by atoms with van der Waals surface area (Å²) in [6.45, 7) is 0.359. The maximum absolute atomic E-state index is 11.3. The minimum atomic E-state index is -0.0678. The van der Waals surface area contributed by atoms with Crippen LogP contribution in [0.2, 0.25) is 0 Å². The van der Waals surface area contributed by atoms with E-state index in [4.69, 9.17) is 5.73 Å². The summed E-state index contributed by atoms with van der Waals surface area (Å²) >= 11 is 0. The number of amides is 1. The molecular formula is C12H14N4O. The van der Waals surface area contributed by atoms with Crippen molar-refractivity contribution in [3.8, 4) is 11.3 Å². The van der Waals surface area contributed by atoms with Gasteiger partial charge in [-0.1, -0.05) is 12.1 Å². The van der Waals surface area contributed by atoms with Crippen molar-refractivity contribution in [2.45, 2.75) is 6.42 Å². The molecule has 5 heteroatoms. The van der Waals surface area contributed by atoms with Gasteiger partial charge in [-0.2, -0.15) is 5.10 Å². The van der Waals surface area contributed by atoms with E-state index in [1.807, 2.05) is 30.3 Å². The standard InChI is InChI=1S/C12H14N4O/c13-7-5-12(17)15-10-3-1-9(2-4-10)11-6-8-14-16-11/h1-4,6,8H,5,7,13H2,(H,14,16)(H,15,17). The average Bonchev–Trinajstić information content (AvgIpc) is 2.84. The van der Waals surface area contributed by atoms with E-state index in [1.165, 1.54) is 0 Å². The lowest BCUT2D eigenvalue weighted by molar-refractivity contribution is -0.116. The Bertz CT molecular complexity index is 476. The molecule has 0 fully saturated rings. The van der Waals surface area contributed by atoms with E-state index in [9.17, 15) is 4.79 Å². The van der Waals surface area contributed by atoms with Crippen LogP contribution in [0.25, 0.3) is 11.3 Å². The number of H-pyrrole nitrogens is 1. The molecule has 0 bridgehead atoms. The van der Waals surface area contributed by atoms with Crippen molar-refractivity contribution in [1.82, 2.24) is 10.2 Å². The summed E-state index contributed by atoms with van der Waals surface area (Å²) in [5.41, 5.74) is 8.05. The van der Waals surface area contributed by atoms with Gasteiger partial charge in [-0.3, -0.25) is 9.89 Å². The second kappa shape index (κ2) is 5.27. The second-order valence-corrected chi connectivity index (χ2v) is 3.63. The molecule has 88 valence electrons. The highest BCUT2D eigenvalue weighted by Gasteiger charge is 2.02. The molecule has 0 aliphatic heterocycles. The van der Waals surface area contributed by atoms with E-state index in [2.05, 4.69) is 15.5 Å². The summed E-state index contributed by atoms with van der Waals surface area (Å²) in [7, 11) is 0. The van der Waals surface area contributed by atoms with Crippen LogP contribution in [0.4, 0.5) is 5.69 Å². The molecule has 0 saturated heterocycles. The summed E-state index contributed by atoms with van der Waals surface area (Å²) in [6.07, 6.45) is 2.04. The number of nitrogens with one attached hydrogen (secondary N) is 2. The van der Waals surface area contributed by atoms with Crippen LogP contribution in [0.5, 0.6) is 0 Å². The van der Waals surface area contributed by atoms with Crippen molar-refractivity contribution < 1.29 is 4.79 Å². The zero-order valence-corrected chi connectivity index (χ0v) is 9.31. The van der Waals surface area contributed by atoms with Gasteiger partial charge in [-0.05, 0) is 23.8 Å². The first-order valence-corrected chi connectivity index (χ1v) is 5.39. The maximum atomic E-state index is 11.3. The van der Waals surface area contributed by atoms with E-state index < -0.39 is 0 Å². The quantitative estimate of drug-likeness (QED) is 0.741. The molecule has 4 N–H and O–H groups in total. The lowest BCUT2D eigenvalue weighted by Gasteiger charge is -2.05. The summed E-state index contributed by atoms with van der Waals surface area (Å²) in [5, 5.41) is 9.54. The molecule has 0 atom stereocenters. The topological polar surface area (TPSA) is 83.8 Å². The molecule has 2 rings (SSSR count). The fraction of sp³-hybridized carbons (Fsp3) is 0.167. The molecule has 0 aliphatic carbocycles. The Morgan fingerprint density at radius 1 is 1.29 bits per heavy atom.